The third-order valence-electron chi connectivity index (χ3n) is 5.83. The van der Waals surface area contributed by atoms with Crippen LogP contribution in [0.15, 0.2) is 41.1 Å². The van der Waals surface area contributed by atoms with Crippen molar-refractivity contribution in [3.05, 3.63) is 46.9 Å². The van der Waals surface area contributed by atoms with E-state index in [2.05, 4.69) is 36.1 Å². The molecular formula is C23H24BrFN6O2. The van der Waals surface area contributed by atoms with Crippen LogP contribution in [-0.4, -0.2) is 56.7 Å². The Morgan fingerprint density at radius 3 is 2.73 bits per heavy atom. The maximum atomic E-state index is 14.5. The van der Waals surface area contributed by atoms with Crippen molar-refractivity contribution in [3.63, 3.8) is 0 Å². The molecule has 1 amide bonds. The number of ether oxygens (including phenoxy) is 1. The molecule has 2 aliphatic heterocycles. The number of amides is 1. The molecule has 2 bridgehead atoms. The summed E-state index contributed by atoms with van der Waals surface area (Å²) in [4.78, 5) is 30.0. The maximum absolute atomic E-state index is 14.5. The topological polar surface area (TPSA) is 83.5 Å². The van der Waals surface area contributed by atoms with Gasteiger partial charge in [0, 0.05) is 13.1 Å². The summed E-state index contributed by atoms with van der Waals surface area (Å²) in [6, 6.07) is 9.09. The normalized spacial score (nSPS) is 19.9. The van der Waals surface area contributed by atoms with Crippen LogP contribution in [0.2, 0.25) is 0 Å². The fourth-order valence-corrected chi connectivity index (χ4v) is 4.77. The minimum Gasteiger partial charge on any atom is -0.444 e. The van der Waals surface area contributed by atoms with Gasteiger partial charge < -0.3 is 19.9 Å². The van der Waals surface area contributed by atoms with Gasteiger partial charge >= 0.3 is 6.09 Å². The number of hydrogen-bond donors (Lipinski definition) is 1. The first-order valence-corrected chi connectivity index (χ1v) is 11.6. The molecule has 0 saturated carbocycles. The predicted octanol–water partition coefficient (Wildman–Crippen LogP) is 4.87. The van der Waals surface area contributed by atoms with Gasteiger partial charge in [0.25, 0.3) is 0 Å². The number of fused-ring (bicyclic) bond motifs is 3. The first-order valence-electron chi connectivity index (χ1n) is 10.8. The fourth-order valence-electron chi connectivity index (χ4n) is 4.40. The smallest absolute Gasteiger partial charge is 0.410 e. The minimum absolute atomic E-state index is 0.0859. The standard InChI is InChI=1S/C23H24BrFN6O2/c1-23(2,3)33-22(32)31-11-13-9-14(31)10-30(13)18-8-7-17-20(29-18)21(27-12-26-17)28-16-6-4-5-15(24)19(16)25/h4-8,12-14H,9-11H2,1-3H3,(H,26,27,28)/t13-,14-/m0/s1. The van der Waals surface area contributed by atoms with E-state index < -0.39 is 11.4 Å². The minimum atomic E-state index is -0.518. The average Bonchev–Trinajstić information content (AvgIpc) is 3.37. The van der Waals surface area contributed by atoms with Gasteiger partial charge in [0.15, 0.2) is 11.6 Å². The Labute approximate surface area is 199 Å². The number of carbonyl (C=O) groups is 1. The van der Waals surface area contributed by atoms with Crippen molar-refractivity contribution >= 4 is 50.4 Å². The lowest BCUT2D eigenvalue weighted by Crippen LogP contribution is -2.50. The molecular weight excluding hydrogens is 491 g/mol. The van der Waals surface area contributed by atoms with Gasteiger partial charge in [-0.2, -0.15) is 0 Å². The lowest BCUT2D eigenvalue weighted by molar-refractivity contribution is 0.0214. The quantitative estimate of drug-likeness (QED) is 0.533. The first kappa shape index (κ1) is 21.8. The van der Waals surface area contributed by atoms with E-state index in [0.29, 0.717) is 40.1 Å². The molecule has 172 valence electrons. The van der Waals surface area contributed by atoms with Crippen molar-refractivity contribution in [2.45, 2.75) is 44.9 Å². The molecule has 3 aromatic rings. The van der Waals surface area contributed by atoms with E-state index in [4.69, 9.17) is 9.72 Å². The number of aromatic nitrogens is 3. The second kappa shape index (κ2) is 8.09. The van der Waals surface area contributed by atoms with Gasteiger partial charge in [-0.05, 0) is 67.4 Å². The zero-order valence-electron chi connectivity index (χ0n) is 18.5. The average molecular weight is 515 g/mol. The summed E-state index contributed by atoms with van der Waals surface area (Å²) in [6.45, 7) is 6.90. The van der Waals surface area contributed by atoms with E-state index in [0.717, 1.165) is 12.2 Å². The Kier molecular flexibility index (Phi) is 5.35. The van der Waals surface area contributed by atoms with E-state index in [1.807, 2.05) is 37.8 Å². The van der Waals surface area contributed by atoms with E-state index in [1.165, 1.54) is 6.33 Å². The predicted molar refractivity (Wildman–Crippen MR) is 127 cm³/mol. The summed E-state index contributed by atoms with van der Waals surface area (Å²) in [7, 11) is 0. The summed E-state index contributed by atoms with van der Waals surface area (Å²) in [5.41, 5.74) is 0.993. The molecule has 4 heterocycles. The highest BCUT2D eigenvalue weighted by molar-refractivity contribution is 9.10. The Bertz CT molecular complexity index is 1230. The van der Waals surface area contributed by atoms with Gasteiger partial charge in [-0.3, -0.25) is 0 Å². The summed E-state index contributed by atoms with van der Waals surface area (Å²) in [5, 5.41) is 3.04. The number of nitrogens with one attached hydrogen (secondary N) is 1. The maximum Gasteiger partial charge on any atom is 0.410 e. The van der Waals surface area contributed by atoms with E-state index in [-0.39, 0.29) is 18.2 Å². The SMILES string of the molecule is CC(C)(C)OC(=O)N1C[C@@H]2C[C@H]1CN2c1ccc2ncnc(Nc3cccc(Br)c3F)c2n1. The van der Waals surface area contributed by atoms with Crippen LogP contribution in [-0.2, 0) is 4.74 Å². The number of rotatable bonds is 3. The molecule has 0 aliphatic carbocycles. The molecule has 10 heteroatoms. The lowest BCUT2D eigenvalue weighted by atomic mass is 10.2. The van der Waals surface area contributed by atoms with Crippen molar-refractivity contribution in [2.75, 3.05) is 23.3 Å². The zero-order chi connectivity index (χ0) is 23.3. The Morgan fingerprint density at radius 1 is 1.18 bits per heavy atom. The highest BCUT2D eigenvalue weighted by Crippen LogP contribution is 2.36. The lowest BCUT2D eigenvalue weighted by Gasteiger charge is -2.35. The number of anilines is 3. The van der Waals surface area contributed by atoms with Crippen LogP contribution in [0, 0.1) is 5.82 Å². The number of hydrogen-bond acceptors (Lipinski definition) is 7. The van der Waals surface area contributed by atoms with Crippen LogP contribution in [0.5, 0.6) is 0 Å². The molecule has 2 aromatic heterocycles. The van der Waals surface area contributed by atoms with Crippen molar-refractivity contribution in [3.8, 4) is 0 Å². The van der Waals surface area contributed by atoms with Crippen molar-refractivity contribution < 1.29 is 13.9 Å². The third-order valence-corrected chi connectivity index (χ3v) is 6.45. The summed E-state index contributed by atoms with van der Waals surface area (Å²) >= 11 is 3.21. The van der Waals surface area contributed by atoms with Crippen LogP contribution in [0.4, 0.5) is 26.5 Å². The number of benzene rings is 1. The summed E-state index contributed by atoms with van der Waals surface area (Å²) < 4.78 is 20.4. The number of piperazine rings is 1. The van der Waals surface area contributed by atoms with Gasteiger partial charge in [0.1, 0.15) is 23.3 Å². The van der Waals surface area contributed by atoms with Crippen LogP contribution < -0.4 is 10.2 Å². The Hall–Kier alpha value is -3.01. The highest BCUT2D eigenvalue weighted by Gasteiger charge is 2.47. The van der Waals surface area contributed by atoms with Crippen LogP contribution in [0.3, 0.4) is 0 Å². The number of pyridine rings is 1. The molecule has 0 unspecified atom stereocenters. The second-order valence-electron chi connectivity index (χ2n) is 9.31. The highest BCUT2D eigenvalue weighted by atomic mass is 79.9. The van der Waals surface area contributed by atoms with Crippen LogP contribution in [0.25, 0.3) is 11.0 Å². The molecule has 8 nitrogen and oxygen atoms in total. The van der Waals surface area contributed by atoms with Crippen molar-refractivity contribution in [1.82, 2.24) is 19.9 Å². The largest absolute Gasteiger partial charge is 0.444 e. The number of nitrogens with zero attached hydrogens (tertiary/aromatic N) is 5. The number of halogens is 2. The number of likely N-dealkylation sites (tertiary alicyclic amines) is 1. The molecule has 0 spiro atoms. The Balaban J connectivity index is 1.39. The molecule has 2 fully saturated rings. The van der Waals surface area contributed by atoms with E-state index in [9.17, 15) is 9.18 Å². The van der Waals surface area contributed by atoms with Gasteiger partial charge in [-0.15, -0.1) is 0 Å². The van der Waals surface area contributed by atoms with Crippen LogP contribution in [0.1, 0.15) is 27.2 Å². The molecule has 1 N–H and O–H groups in total. The molecule has 1 aromatic carbocycles. The fraction of sp³-hybridized carbons (Fsp3) is 0.391. The van der Waals surface area contributed by atoms with E-state index in [1.54, 1.807) is 18.2 Å². The second-order valence-corrected chi connectivity index (χ2v) is 10.2. The molecule has 2 saturated heterocycles. The van der Waals surface area contributed by atoms with Gasteiger partial charge in [0.2, 0.25) is 0 Å². The molecule has 0 radical (unpaired) electrons. The van der Waals surface area contributed by atoms with Gasteiger partial charge in [-0.25, -0.2) is 24.1 Å². The molecule has 5 rings (SSSR count). The Morgan fingerprint density at radius 2 is 2.00 bits per heavy atom. The van der Waals surface area contributed by atoms with Gasteiger partial charge in [0.05, 0.1) is 27.8 Å². The summed E-state index contributed by atoms with van der Waals surface area (Å²) in [5.74, 6) is 0.810. The third kappa shape index (κ3) is 4.19. The van der Waals surface area contributed by atoms with Crippen LogP contribution >= 0.6 is 15.9 Å². The molecule has 2 atom stereocenters. The van der Waals surface area contributed by atoms with Crippen molar-refractivity contribution in [1.29, 1.82) is 0 Å². The molecule has 2 aliphatic rings. The number of carbonyl (C=O) groups excluding carboxylic acids is 1. The summed E-state index contributed by atoms with van der Waals surface area (Å²) in [6.07, 6.45) is 2.04. The first-order chi connectivity index (χ1) is 15.7. The van der Waals surface area contributed by atoms with Crippen molar-refractivity contribution in [2.24, 2.45) is 0 Å². The zero-order valence-corrected chi connectivity index (χ0v) is 20.1. The monoisotopic (exact) mass is 514 g/mol. The van der Waals surface area contributed by atoms with E-state index >= 15 is 0 Å². The molecule has 33 heavy (non-hydrogen) atoms. The van der Waals surface area contributed by atoms with Gasteiger partial charge in [-0.1, -0.05) is 6.07 Å².